The average Bonchev–Trinajstić information content (AvgIpc) is 2.74. The van der Waals surface area contributed by atoms with Crippen molar-refractivity contribution >= 4 is 17.9 Å². The molecule has 29 heavy (non-hydrogen) atoms. The molecule has 1 aromatic carbocycles. The summed E-state index contributed by atoms with van der Waals surface area (Å²) in [4.78, 5) is 41.1. The van der Waals surface area contributed by atoms with Crippen molar-refractivity contribution in [1.82, 2.24) is 20.4 Å². The second-order valence-electron chi connectivity index (χ2n) is 7.11. The molecule has 2 aliphatic rings. The van der Waals surface area contributed by atoms with Gasteiger partial charge in [0.15, 0.2) is 0 Å². The topological polar surface area (TPSA) is 91.0 Å². The van der Waals surface area contributed by atoms with Crippen molar-refractivity contribution in [3.8, 4) is 0 Å². The van der Waals surface area contributed by atoms with Crippen LogP contribution in [-0.2, 0) is 9.53 Å². The molecule has 0 spiro atoms. The van der Waals surface area contributed by atoms with Gasteiger partial charge in [-0.3, -0.25) is 9.69 Å². The van der Waals surface area contributed by atoms with E-state index >= 15 is 0 Å². The van der Waals surface area contributed by atoms with E-state index in [9.17, 15) is 14.4 Å². The zero-order valence-corrected chi connectivity index (χ0v) is 16.9. The van der Waals surface area contributed by atoms with E-state index in [4.69, 9.17) is 4.74 Å². The highest BCUT2D eigenvalue weighted by molar-refractivity contribution is 5.95. The maximum absolute atomic E-state index is 12.6. The van der Waals surface area contributed by atoms with E-state index < -0.39 is 5.97 Å². The van der Waals surface area contributed by atoms with Crippen LogP contribution in [0.25, 0.3) is 0 Å². The first-order chi connectivity index (χ1) is 14.0. The smallest absolute Gasteiger partial charge is 0.337 e. The summed E-state index contributed by atoms with van der Waals surface area (Å²) in [6, 6.07) is 8.58. The molecule has 8 heteroatoms. The van der Waals surface area contributed by atoms with Gasteiger partial charge in [0.2, 0.25) is 0 Å². The Bertz CT molecular complexity index is 785. The lowest BCUT2D eigenvalue weighted by Gasteiger charge is -2.37. The predicted octanol–water partition coefficient (Wildman–Crippen LogP) is 1.35. The van der Waals surface area contributed by atoms with Crippen LogP contribution in [0.3, 0.4) is 0 Å². The third-order valence-corrected chi connectivity index (χ3v) is 5.21. The molecule has 156 valence electrons. The monoisotopic (exact) mass is 400 g/mol. The van der Waals surface area contributed by atoms with Crippen molar-refractivity contribution in [2.75, 3.05) is 39.3 Å². The minimum absolute atomic E-state index is 0.0258. The van der Waals surface area contributed by atoms with Crippen LogP contribution in [0.1, 0.15) is 30.6 Å². The SMILES string of the molecule is CCOC(=O)C1=C(CN2CCN(C(=O)c3ccccc3)CC2)NC(=O)N[C@@H]1CC. The van der Waals surface area contributed by atoms with Gasteiger partial charge in [-0.05, 0) is 25.5 Å². The van der Waals surface area contributed by atoms with Gasteiger partial charge in [-0.1, -0.05) is 25.1 Å². The molecule has 0 aromatic heterocycles. The van der Waals surface area contributed by atoms with Crippen molar-refractivity contribution in [2.24, 2.45) is 0 Å². The van der Waals surface area contributed by atoms with E-state index in [1.165, 1.54) is 0 Å². The Morgan fingerprint density at radius 1 is 1.10 bits per heavy atom. The first-order valence-electron chi connectivity index (χ1n) is 10.1. The lowest BCUT2D eigenvalue weighted by atomic mass is 10.00. The van der Waals surface area contributed by atoms with E-state index in [0.717, 1.165) is 0 Å². The molecule has 3 rings (SSSR count). The maximum atomic E-state index is 12.6. The molecule has 1 fully saturated rings. The number of rotatable bonds is 6. The number of amides is 3. The molecular weight excluding hydrogens is 372 g/mol. The Kier molecular flexibility index (Phi) is 6.87. The first kappa shape index (κ1) is 20.9. The van der Waals surface area contributed by atoms with Gasteiger partial charge in [0.05, 0.1) is 18.2 Å². The Labute approximate surface area is 170 Å². The fraction of sp³-hybridized carbons (Fsp3) is 0.476. The van der Waals surface area contributed by atoms with Crippen LogP contribution in [0.2, 0.25) is 0 Å². The fourth-order valence-electron chi connectivity index (χ4n) is 3.68. The third-order valence-electron chi connectivity index (χ3n) is 5.21. The van der Waals surface area contributed by atoms with Gasteiger partial charge in [-0.15, -0.1) is 0 Å². The standard InChI is InChI=1S/C21H28N4O4/c1-3-16-18(20(27)29-4-2)17(23-21(28)22-16)14-24-10-12-25(13-11-24)19(26)15-8-6-5-7-9-15/h5-9,16H,3-4,10-14H2,1-2H3,(H2,22,23,28)/t16-/m1/s1. The van der Waals surface area contributed by atoms with E-state index in [1.807, 2.05) is 42.2 Å². The third kappa shape index (κ3) is 4.95. The number of carbonyl (C=O) groups is 3. The predicted molar refractivity (Wildman–Crippen MR) is 108 cm³/mol. The number of hydrogen-bond acceptors (Lipinski definition) is 5. The molecular formula is C21H28N4O4. The Morgan fingerprint density at radius 2 is 1.79 bits per heavy atom. The van der Waals surface area contributed by atoms with Crippen LogP contribution in [0.15, 0.2) is 41.6 Å². The largest absolute Gasteiger partial charge is 0.463 e. The highest BCUT2D eigenvalue weighted by Crippen LogP contribution is 2.19. The summed E-state index contributed by atoms with van der Waals surface area (Å²) in [7, 11) is 0. The summed E-state index contributed by atoms with van der Waals surface area (Å²) in [5.41, 5.74) is 1.75. The minimum atomic E-state index is -0.403. The number of nitrogens with zero attached hydrogens (tertiary/aromatic N) is 2. The molecule has 1 aromatic rings. The number of hydrogen-bond donors (Lipinski definition) is 2. The first-order valence-corrected chi connectivity index (χ1v) is 10.1. The van der Waals surface area contributed by atoms with Gasteiger partial charge in [0, 0.05) is 44.0 Å². The number of nitrogens with one attached hydrogen (secondary N) is 2. The molecule has 8 nitrogen and oxygen atoms in total. The van der Waals surface area contributed by atoms with Gasteiger partial charge in [0.25, 0.3) is 5.91 Å². The molecule has 0 aliphatic carbocycles. The van der Waals surface area contributed by atoms with Gasteiger partial charge in [0.1, 0.15) is 0 Å². The lowest BCUT2D eigenvalue weighted by molar-refractivity contribution is -0.139. The van der Waals surface area contributed by atoms with Crippen LogP contribution in [0, 0.1) is 0 Å². The van der Waals surface area contributed by atoms with Crippen molar-refractivity contribution < 1.29 is 19.1 Å². The van der Waals surface area contributed by atoms with Gasteiger partial charge >= 0.3 is 12.0 Å². The highest BCUT2D eigenvalue weighted by Gasteiger charge is 2.33. The molecule has 2 aliphatic heterocycles. The summed E-state index contributed by atoms with van der Waals surface area (Å²) < 4.78 is 5.21. The molecule has 2 N–H and O–H groups in total. The second kappa shape index (κ2) is 9.56. The van der Waals surface area contributed by atoms with Gasteiger partial charge in [-0.2, -0.15) is 0 Å². The summed E-state index contributed by atoms with van der Waals surface area (Å²) in [6.45, 7) is 6.92. The zero-order valence-electron chi connectivity index (χ0n) is 16.9. The Hall–Kier alpha value is -2.87. The molecule has 1 atom stereocenters. The molecule has 0 radical (unpaired) electrons. The summed E-state index contributed by atoms with van der Waals surface area (Å²) in [5, 5.41) is 5.57. The lowest BCUT2D eigenvalue weighted by Crippen LogP contribution is -2.54. The minimum Gasteiger partial charge on any atom is -0.463 e. The van der Waals surface area contributed by atoms with Gasteiger partial charge < -0.3 is 20.3 Å². The fourth-order valence-corrected chi connectivity index (χ4v) is 3.68. The van der Waals surface area contributed by atoms with E-state index in [2.05, 4.69) is 15.5 Å². The maximum Gasteiger partial charge on any atom is 0.337 e. The molecule has 3 amide bonds. The molecule has 2 heterocycles. The zero-order chi connectivity index (χ0) is 20.8. The average molecular weight is 400 g/mol. The Morgan fingerprint density at radius 3 is 2.41 bits per heavy atom. The van der Waals surface area contributed by atoms with Gasteiger partial charge in [-0.25, -0.2) is 9.59 Å². The van der Waals surface area contributed by atoms with Crippen molar-refractivity contribution in [3.63, 3.8) is 0 Å². The van der Waals surface area contributed by atoms with E-state index in [-0.39, 0.29) is 24.6 Å². The second-order valence-corrected chi connectivity index (χ2v) is 7.11. The van der Waals surface area contributed by atoms with E-state index in [0.29, 0.717) is 56.0 Å². The van der Waals surface area contributed by atoms with Crippen LogP contribution in [0.4, 0.5) is 4.79 Å². The van der Waals surface area contributed by atoms with Crippen molar-refractivity contribution in [1.29, 1.82) is 0 Å². The number of carbonyl (C=O) groups excluding carboxylic acids is 3. The van der Waals surface area contributed by atoms with Crippen molar-refractivity contribution in [3.05, 3.63) is 47.2 Å². The Balaban J connectivity index is 1.67. The quantitative estimate of drug-likeness (QED) is 0.704. The molecule has 1 saturated heterocycles. The number of urea groups is 1. The van der Waals surface area contributed by atoms with Crippen molar-refractivity contribution in [2.45, 2.75) is 26.3 Å². The summed E-state index contributed by atoms with van der Waals surface area (Å²) >= 11 is 0. The van der Waals surface area contributed by atoms with E-state index in [1.54, 1.807) is 6.92 Å². The number of piperazine rings is 1. The highest BCUT2D eigenvalue weighted by atomic mass is 16.5. The van der Waals surface area contributed by atoms with Crippen LogP contribution in [0.5, 0.6) is 0 Å². The van der Waals surface area contributed by atoms with Crippen LogP contribution >= 0.6 is 0 Å². The molecule has 0 unspecified atom stereocenters. The number of esters is 1. The summed E-state index contributed by atoms with van der Waals surface area (Å²) in [6.07, 6.45) is 0.602. The number of ether oxygens (including phenoxy) is 1. The normalized spacial score (nSPS) is 20.1. The molecule has 0 bridgehead atoms. The number of benzene rings is 1. The van der Waals surface area contributed by atoms with Crippen LogP contribution in [-0.4, -0.2) is 73.1 Å². The summed E-state index contributed by atoms with van der Waals surface area (Å²) in [5.74, 6) is -0.377. The van der Waals surface area contributed by atoms with Crippen LogP contribution < -0.4 is 10.6 Å². The molecule has 0 saturated carbocycles.